The molecular formula is C41H52N4O7S. The summed E-state index contributed by atoms with van der Waals surface area (Å²) in [7, 11) is -0.844. The third-order valence-electron chi connectivity index (χ3n) is 9.74. The minimum atomic E-state index is -4.13. The molecule has 0 unspecified atom stereocenters. The Labute approximate surface area is 313 Å². The molecule has 53 heavy (non-hydrogen) atoms. The standard InChI is InChI=1S/C41H52N4O7S/c1-9-45(41(4,5)6)25-29-12-10-28(11-13-29)20-36(40(47)44(7)27(2)3)42-39(46)24-35(32-16-19-37-38(23-32)52-26-51-37)43-53(48,49)34-18-15-30-21-33(50-8)17-14-31(30)22-34/h10-19,21-23,27,35-36,43H,9,20,24-26H2,1-8H3,(H,42,46)/t35-,36+/m0/s1. The summed E-state index contributed by atoms with van der Waals surface area (Å²) in [6.07, 6.45) is -0.0155. The van der Waals surface area contributed by atoms with Gasteiger partial charge in [0.2, 0.25) is 28.6 Å². The number of fused-ring (bicyclic) bond motifs is 2. The van der Waals surface area contributed by atoms with Crippen molar-refractivity contribution < 1.29 is 32.2 Å². The van der Waals surface area contributed by atoms with E-state index in [4.69, 9.17) is 14.2 Å². The molecule has 1 heterocycles. The fourth-order valence-corrected chi connectivity index (χ4v) is 7.57. The van der Waals surface area contributed by atoms with Gasteiger partial charge < -0.3 is 24.4 Å². The fraction of sp³-hybridized carbons (Fsp3) is 0.415. The minimum absolute atomic E-state index is 0.0212. The molecule has 11 nitrogen and oxygen atoms in total. The lowest BCUT2D eigenvalue weighted by Crippen LogP contribution is -2.50. The number of amides is 2. The molecule has 12 heteroatoms. The Kier molecular flexibility index (Phi) is 12.4. The van der Waals surface area contributed by atoms with E-state index in [9.17, 15) is 18.0 Å². The van der Waals surface area contributed by atoms with Crippen LogP contribution in [0, 0.1) is 0 Å². The molecule has 0 saturated carbocycles. The average molecular weight is 745 g/mol. The fourth-order valence-electron chi connectivity index (χ4n) is 6.31. The molecule has 0 aliphatic carbocycles. The number of ether oxygens (including phenoxy) is 3. The number of carbonyl (C=O) groups excluding carboxylic acids is 2. The van der Waals surface area contributed by atoms with E-state index in [1.54, 1.807) is 61.5 Å². The zero-order valence-electron chi connectivity index (χ0n) is 31.9. The summed E-state index contributed by atoms with van der Waals surface area (Å²) in [6, 6.07) is 21.4. The quantitative estimate of drug-likeness (QED) is 0.147. The van der Waals surface area contributed by atoms with Crippen molar-refractivity contribution in [2.24, 2.45) is 0 Å². The lowest BCUT2D eigenvalue weighted by Gasteiger charge is -2.34. The molecule has 0 radical (unpaired) electrons. The maximum Gasteiger partial charge on any atom is 0.245 e. The van der Waals surface area contributed by atoms with E-state index in [0.717, 1.165) is 29.6 Å². The number of hydrogen-bond donors (Lipinski definition) is 2. The van der Waals surface area contributed by atoms with Gasteiger partial charge in [-0.2, -0.15) is 0 Å². The number of nitrogens with one attached hydrogen (secondary N) is 2. The summed E-state index contributed by atoms with van der Waals surface area (Å²) in [4.78, 5) is 31.7. The van der Waals surface area contributed by atoms with Crippen LogP contribution in [0.1, 0.15) is 70.7 Å². The highest BCUT2D eigenvalue weighted by Gasteiger charge is 2.30. The van der Waals surface area contributed by atoms with Gasteiger partial charge in [0.15, 0.2) is 11.5 Å². The van der Waals surface area contributed by atoms with Crippen molar-refractivity contribution in [3.63, 3.8) is 0 Å². The van der Waals surface area contributed by atoms with Gasteiger partial charge in [0.25, 0.3) is 0 Å². The highest BCUT2D eigenvalue weighted by atomic mass is 32.2. The van der Waals surface area contributed by atoms with Crippen LogP contribution < -0.4 is 24.2 Å². The topological polar surface area (TPSA) is 127 Å². The third kappa shape index (κ3) is 9.87. The Morgan fingerprint density at radius 3 is 2.21 bits per heavy atom. The maximum absolute atomic E-state index is 13.9. The van der Waals surface area contributed by atoms with Gasteiger partial charge >= 0.3 is 0 Å². The van der Waals surface area contributed by atoms with Crippen LogP contribution in [0.4, 0.5) is 0 Å². The Balaban J connectivity index is 1.39. The highest BCUT2D eigenvalue weighted by Crippen LogP contribution is 2.35. The molecule has 1 aliphatic heterocycles. The first-order valence-corrected chi connectivity index (χ1v) is 19.4. The molecule has 0 aromatic heterocycles. The van der Waals surface area contributed by atoms with Gasteiger partial charge in [-0.1, -0.05) is 49.4 Å². The second-order valence-electron chi connectivity index (χ2n) is 14.7. The zero-order valence-corrected chi connectivity index (χ0v) is 32.8. The van der Waals surface area contributed by atoms with Gasteiger partial charge in [0, 0.05) is 38.0 Å². The summed E-state index contributed by atoms with van der Waals surface area (Å²) in [5.41, 5.74) is 2.58. The molecule has 2 atom stereocenters. The predicted octanol–water partition coefficient (Wildman–Crippen LogP) is 6.20. The molecule has 0 bridgehead atoms. The molecule has 2 N–H and O–H groups in total. The van der Waals surface area contributed by atoms with Crippen molar-refractivity contribution in [2.75, 3.05) is 27.5 Å². The average Bonchev–Trinajstić information content (AvgIpc) is 3.60. The van der Waals surface area contributed by atoms with Crippen molar-refractivity contribution in [1.29, 1.82) is 0 Å². The minimum Gasteiger partial charge on any atom is -0.497 e. The Hall–Kier alpha value is -4.65. The van der Waals surface area contributed by atoms with Crippen LogP contribution in [0.5, 0.6) is 17.2 Å². The number of methoxy groups -OCH3 is 1. The maximum atomic E-state index is 13.9. The monoisotopic (exact) mass is 744 g/mol. The smallest absolute Gasteiger partial charge is 0.245 e. The molecule has 2 amide bonds. The van der Waals surface area contributed by atoms with Crippen LogP contribution in [-0.4, -0.2) is 75.1 Å². The van der Waals surface area contributed by atoms with Crippen LogP contribution in [0.2, 0.25) is 0 Å². The normalized spacial score (nSPS) is 14.0. The lowest BCUT2D eigenvalue weighted by molar-refractivity contribution is -0.136. The number of sulfonamides is 1. The van der Waals surface area contributed by atoms with Crippen molar-refractivity contribution in [2.45, 2.75) is 89.5 Å². The second-order valence-corrected chi connectivity index (χ2v) is 16.4. The summed E-state index contributed by atoms with van der Waals surface area (Å²) < 4.78 is 46.9. The first-order chi connectivity index (χ1) is 25.1. The number of carbonyl (C=O) groups is 2. The van der Waals surface area contributed by atoms with E-state index >= 15 is 0 Å². The van der Waals surface area contributed by atoms with Gasteiger partial charge in [0.05, 0.1) is 18.0 Å². The lowest BCUT2D eigenvalue weighted by atomic mass is 10.00. The van der Waals surface area contributed by atoms with Crippen molar-refractivity contribution in [3.8, 4) is 17.2 Å². The molecule has 4 aromatic rings. The van der Waals surface area contributed by atoms with Gasteiger partial charge in [-0.3, -0.25) is 14.5 Å². The van der Waals surface area contributed by atoms with Crippen molar-refractivity contribution in [3.05, 3.63) is 95.6 Å². The number of benzene rings is 4. The first-order valence-electron chi connectivity index (χ1n) is 18.0. The van der Waals surface area contributed by atoms with Gasteiger partial charge in [-0.15, -0.1) is 0 Å². The van der Waals surface area contributed by atoms with E-state index in [1.165, 1.54) is 6.07 Å². The van der Waals surface area contributed by atoms with E-state index in [1.807, 2.05) is 32.0 Å². The van der Waals surface area contributed by atoms with Crippen LogP contribution in [-0.2, 0) is 32.6 Å². The largest absolute Gasteiger partial charge is 0.497 e. The van der Waals surface area contributed by atoms with Gasteiger partial charge in [-0.25, -0.2) is 13.1 Å². The highest BCUT2D eigenvalue weighted by molar-refractivity contribution is 7.89. The Morgan fingerprint density at radius 2 is 1.55 bits per heavy atom. The Bertz CT molecular complexity index is 2030. The second kappa shape index (κ2) is 16.6. The molecule has 5 rings (SSSR count). The van der Waals surface area contributed by atoms with E-state index in [2.05, 4.69) is 54.8 Å². The molecule has 0 saturated heterocycles. The SMILES string of the molecule is CCN(Cc1ccc(C[C@@H](NC(=O)C[C@H](NS(=O)(=O)c2ccc3cc(OC)ccc3c2)c2ccc3c(c2)OCO3)C(=O)N(C)C(C)C)cc1)C(C)(C)C. The third-order valence-corrected chi connectivity index (χ3v) is 11.2. The summed E-state index contributed by atoms with van der Waals surface area (Å²) in [5.74, 6) is 0.908. The number of nitrogens with zero attached hydrogens (tertiary/aromatic N) is 2. The van der Waals surface area contributed by atoms with Crippen LogP contribution >= 0.6 is 0 Å². The van der Waals surface area contributed by atoms with Crippen LogP contribution in [0.25, 0.3) is 10.8 Å². The van der Waals surface area contributed by atoms with Crippen LogP contribution in [0.15, 0.2) is 83.8 Å². The summed E-state index contributed by atoms with van der Waals surface area (Å²) >= 11 is 0. The molecule has 284 valence electrons. The molecule has 0 fully saturated rings. The Morgan fingerprint density at radius 1 is 0.887 bits per heavy atom. The number of rotatable bonds is 15. The number of hydrogen-bond acceptors (Lipinski definition) is 8. The van der Waals surface area contributed by atoms with Crippen molar-refractivity contribution >= 4 is 32.6 Å². The predicted molar refractivity (Wildman–Crippen MR) is 207 cm³/mol. The number of likely N-dealkylation sites (N-methyl/N-ethyl adjacent to an activating group) is 1. The molecule has 1 aliphatic rings. The molecule has 4 aromatic carbocycles. The van der Waals surface area contributed by atoms with Gasteiger partial charge in [-0.05, 0) is 105 Å². The van der Waals surface area contributed by atoms with Gasteiger partial charge in [0.1, 0.15) is 11.8 Å². The first kappa shape index (κ1) is 39.6. The van der Waals surface area contributed by atoms with Crippen LogP contribution in [0.3, 0.4) is 0 Å². The molecule has 0 spiro atoms. The zero-order chi connectivity index (χ0) is 38.5. The van der Waals surface area contributed by atoms with E-state index in [-0.39, 0.29) is 42.0 Å². The summed E-state index contributed by atoms with van der Waals surface area (Å²) in [6.45, 7) is 14.3. The van der Waals surface area contributed by atoms with Crippen molar-refractivity contribution in [1.82, 2.24) is 19.8 Å². The molecular weight excluding hydrogens is 693 g/mol. The van der Waals surface area contributed by atoms with E-state index < -0.39 is 28.0 Å². The van der Waals surface area contributed by atoms with E-state index in [0.29, 0.717) is 28.2 Å². The summed E-state index contributed by atoms with van der Waals surface area (Å²) in [5, 5.41) is 4.48.